The predicted molar refractivity (Wildman–Crippen MR) is 65.4 cm³/mol. The lowest BCUT2D eigenvalue weighted by Gasteiger charge is -2.10. The smallest absolute Gasteiger partial charge is 0.125 e. The molecule has 0 radical (unpaired) electrons. The SMILES string of the molecule is CNc1cc(COCC2CCCC2)ccn1. The lowest BCUT2D eigenvalue weighted by molar-refractivity contribution is 0.0889. The predicted octanol–water partition coefficient (Wildman–Crippen LogP) is 2.83. The molecule has 0 amide bonds. The molecule has 0 bridgehead atoms. The maximum atomic E-state index is 5.75. The molecule has 0 aromatic carbocycles. The highest BCUT2D eigenvalue weighted by molar-refractivity contribution is 5.36. The van der Waals surface area contributed by atoms with Crippen LogP contribution in [0.5, 0.6) is 0 Å². The minimum absolute atomic E-state index is 0.702. The van der Waals surface area contributed by atoms with Crippen molar-refractivity contribution in [2.24, 2.45) is 5.92 Å². The first-order valence-corrected chi connectivity index (χ1v) is 6.09. The van der Waals surface area contributed by atoms with E-state index in [9.17, 15) is 0 Å². The molecule has 1 fully saturated rings. The molecule has 0 saturated heterocycles. The molecular weight excluding hydrogens is 200 g/mol. The second kappa shape index (κ2) is 5.85. The number of ether oxygens (including phenoxy) is 1. The molecule has 1 saturated carbocycles. The van der Waals surface area contributed by atoms with Gasteiger partial charge in [0.05, 0.1) is 6.61 Å². The lowest BCUT2D eigenvalue weighted by Crippen LogP contribution is -2.05. The van der Waals surface area contributed by atoms with Gasteiger partial charge in [-0.3, -0.25) is 0 Å². The summed E-state index contributed by atoms with van der Waals surface area (Å²) in [6.45, 7) is 1.62. The summed E-state index contributed by atoms with van der Waals surface area (Å²) in [5.41, 5.74) is 1.19. The van der Waals surface area contributed by atoms with E-state index in [1.165, 1.54) is 31.2 Å². The molecule has 1 aromatic rings. The standard InChI is InChI=1S/C13H20N2O/c1-14-13-8-12(6-7-15-13)10-16-9-11-4-2-3-5-11/h6-8,11H,2-5,9-10H2,1H3,(H,14,15). The third kappa shape index (κ3) is 3.20. The van der Waals surface area contributed by atoms with Crippen molar-refractivity contribution in [3.8, 4) is 0 Å². The van der Waals surface area contributed by atoms with Gasteiger partial charge in [0.25, 0.3) is 0 Å². The van der Waals surface area contributed by atoms with Crippen molar-refractivity contribution in [1.82, 2.24) is 4.98 Å². The highest BCUT2D eigenvalue weighted by atomic mass is 16.5. The zero-order chi connectivity index (χ0) is 11.2. The van der Waals surface area contributed by atoms with E-state index in [2.05, 4.69) is 10.3 Å². The topological polar surface area (TPSA) is 34.1 Å². The van der Waals surface area contributed by atoms with Crippen molar-refractivity contribution in [2.75, 3.05) is 19.0 Å². The van der Waals surface area contributed by atoms with Crippen LogP contribution >= 0.6 is 0 Å². The maximum absolute atomic E-state index is 5.75. The number of anilines is 1. The molecule has 3 nitrogen and oxygen atoms in total. The molecule has 1 aromatic heterocycles. The van der Waals surface area contributed by atoms with E-state index in [-0.39, 0.29) is 0 Å². The first-order chi connectivity index (χ1) is 7.88. The molecule has 1 N–H and O–H groups in total. The highest BCUT2D eigenvalue weighted by Gasteiger charge is 2.14. The number of hydrogen-bond acceptors (Lipinski definition) is 3. The van der Waals surface area contributed by atoms with Gasteiger partial charge in [0, 0.05) is 19.9 Å². The Balaban J connectivity index is 1.75. The molecule has 2 rings (SSSR count). The molecule has 3 heteroatoms. The van der Waals surface area contributed by atoms with Crippen molar-refractivity contribution < 1.29 is 4.74 Å². The van der Waals surface area contributed by atoms with Crippen molar-refractivity contribution in [3.63, 3.8) is 0 Å². The summed E-state index contributed by atoms with van der Waals surface area (Å²) in [6, 6.07) is 4.05. The van der Waals surface area contributed by atoms with Gasteiger partial charge in [0.2, 0.25) is 0 Å². The van der Waals surface area contributed by atoms with Gasteiger partial charge < -0.3 is 10.1 Å². The lowest BCUT2D eigenvalue weighted by atomic mass is 10.1. The summed E-state index contributed by atoms with van der Waals surface area (Å²) in [5.74, 6) is 1.70. The van der Waals surface area contributed by atoms with Crippen LogP contribution in [-0.4, -0.2) is 18.6 Å². The van der Waals surface area contributed by atoms with Gasteiger partial charge in [0.15, 0.2) is 0 Å². The highest BCUT2D eigenvalue weighted by Crippen LogP contribution is 2.25. The Labute approximate surface area is 97.2 Å². The molecule has 88 valence electrons. The van der Waals surface area contributed by atoms with Crippen LogP contribution in [0.3, 0.4) is 0 Å². The fraction of sp³-hybridized carbons (Fsp3) is 0.615. The van der Waals surface area contributed by atoms with E-state index in [1.54, 1.807) is 0 Å². The van der Waals surface area contributed by atoms with Gasteiger partial charge >= 0.3 is 0 Å². The number of hydrogen-bond donors (Lipinski definition) is 1. The first kappa shape index (κ1) is 11.4. The van der Waals surface area contributed by atoms with E-state index in [0.717, 1.165) is 18.3 Å². The van der Waals surface area contributed by atoms with E-state index in [1.807, 2.05) is 25.4 Å². The molecule has 0 aliphatic heterocycles. The van der Waals surface area contributed by atoms with Crippen LogP contribution in [0.2, 0.25) is 0 Å². The van der Waals surface area contributed by atoms with Crippen molar-refractivity contribution in [3.05, 3.63) is 23.9 Å². The summed E-state index contributed by atoms with van der Waals surface area (Å²) in [6.07, 6.45) is 7.27. The summed E-state index contributed by atoms with van der Waals surface area (Å²) in [5, 5.41) is 3.03. The largest absolute Gasteiger partial charge is 0.376 e. The first-order valence-electron chi connectivity index (χ1n) is 6.09. The number of nitrogens with zero attached hydrogens (tertiary/aromatic N) is 1. The average molecular weight is 220 g/mol. The Kier molecular flexibility index (Phi) is 4.17. The molecule has 1 aliphatic rings. The third-order valence-corrected chi connectivity index (χ3v) is 3.18. The molecule has 0 atom stereocenters. The van der Waals surface area contributed by atoms with Gasteiger partial charge in [0.1, 0.15) is 5.82 Å². The Hall–Kier alpha value is -1.09. The normalized spacial score (nSPS) is 16.6. The van der Waals surface area contributed by atoms with Gasteiger partial charge in [-0.25, -0.2) is 4.98 Å². The Morgan fingerprint density at radius 3 is 3.00 bits per heavy atom. The van der Waals surface area contributed by atoms with Crippen molar-refractivity contribution in [1.29, 1.82) is 0 Å². The van der Waals surface area contributed by atoms with Crippen LogP contribution in [0, 0.1) is 5.92 Å². The summed E-state index contributed by atoms with van der Waals surface area (Å²) in [7, 11) is 1.88. The van der Waals surface area contributed by atoms with Crippen molar-refractivity contribution in [2.45, 2.75) is 32.3 Å². The van der Waals surface area contributed by atoms with E-state index in [4.69, 9.17) is 4.74 Å². The average Bonchev–Trinajstić information content (AvgIpc) is 2.82. The van der Waals surface area contributed by atoms with Crippen LogP contribution in [0.1, 0.15) is 31.2 Å². The number of aromatic nitrogens is 1. The second-order valence-electron chi connectivity index (χ2n) is 4.46. The Morgan fingerprint density at radius 1 is 1.44 bits per heavy atom. The molecule has 1 aliphatic carbocycles. The fourth-order valence-electron chi connectivity index (χ4n) is 2.22. The number of pyridine rings is 1. The maximum Gasteiger partial charge on any atom is 0.125 e. The quantitative estimate of drug-likeness (QED) is 0.828. The van der Waals surface area contributed by atoms with Crippen LogP contribution in [0.15, 0.2) is 18.3 Å². The zero-order valence-electron chi connectivity index (χ0n) is 9.91. The molecule has 1 heterocycles. The zero-order valence-corrected chi connectivity index (χ0v) is 9.91. The number of nitrogens with one attached hydrogen (secondary N) is 1. The van der Waals surface area contributed by atoms with E-state index < -0.39 is 0 Å². The van der Waals surface area contributed by atoms with E-state index >= 15 is 0 Å². The monoisotopic (exact) mass is 220 g/mol. The Morgan fingerprint density at radius 2 is 2.25 bits per heavy atom. The van der Waals surface area contributed by atoms with Crippen molar-refractivity contribution >= 4 is 5.82 Å². The summed E-state index contributed by atoms with van der Waals surface area (Å²) < 4.78 is 5.75. The minimum atomic E-state index is 0.702. The van der Waals surface area contributed by atoms with Crippen LogP contribution in [0.4, 0.5) is 5.82 Å². The van der Waals surface area contributed by atoms with Gasteiger partial charge in [-0.15, -0.1) is 0 Å². The van der Waals surface area contributed by atoms with Gasteiger partial charge in [-0.1, -0.05) is 12.8 Å². The third-order valence-electron chi connectivity index (χ3n) is 3.18. The number of rotatable bonds is 5. The van der Waals surface area contributed by atoms with Crippen LogP contribution < -0.4 is 5.32 Å². The molecule has 16 heavy (non-hydrogen) atoms. The minimum Gasteiger partial charge on any atom is -0.376 e. The molecule has 0 unspecified atom stereocenters. The van der Waals surface area contributed by atoms with E-state index in [0.29, 0.717) is 6.61 Å². The fourth-order valence-corrected chi connectivity index (χ4v) is 2.22. The van der Waals surface area contributed by atoms with Crippen LogP contribution in [-0.2, 0) is 11.3 Å². The summed E-state index contributed by atoms with van der Waals surface area (Å²) >= 11 is 0. The molecular formula is C13H20N2O. The van der Waals surface area contributed by atoms with Gasteiger partial charge in [-0.2, -0.15) is 0 Å². The Bertz CT molecular complexity index is 321. The van der Waals surface area contributed by atoms with Gasteiger partial charge in [-0.05, 0) is 36.5 Å². The second-order valence-corrected chi connectivity index (χ2v) is 4.46. The summed E-state index contributed by atoms with van der Waals surface area (Å²) in [4.78, 5) is 4.18. The van der Waals surface area contributed by atoms with Crippen LogP contribution in [0.25, 0.3) is 0 Å². The molecule has 0 spiro atoms.